The number of nitrogens with zero attached hydrogens (tertiary/aromatic N) is 3. The molecule has 7 nitrogen and oxygen atoms in total. The molecular weight excluding hydrogens is 412 g/mol. The molecule has 4 heterocycles. The van der Waals surface area contributed by atoms with Gasteiger partial charge in [0.25, 0.3) is 11.8 Å². The molecule has 0 aromatic carbocycles. The van der Waals surface area contributed by atoms with E-state index in [2.05, 4.69) is 9.97 Å². The molecule has 0 fully saturated rings. The molecule has 1 aliphatic heterocycles. The first-order valence-electron chi connectivity index (χ1n) is 10.4. The lowest BCUT2D eigenvalue weighted by Gasteiger charge is -2.28. The molecule has 5 rings (SSSR count). The number of amides is 2. The molecule has 3 aromatic heterocycles. The lowest BCUT2D eigenvalue weighted by atomic mass is 9.92. The van der Waals surface area contributed by atoms with E-state index in [4.69, 9.17) is 5.73 Å². The largest absolute Gasteiger partial charge is 0.392 e. The van der Waals surface area contributed by atoms with E-state index in [9.17, 15) is 14.7 Å². The second-order valence-corrected chi connectivity index (χ2v) is 8.95. The van der Waals surface area contributed by atoms with Crippen molar-refractivity contribution in [1.29, 1.82) is 0 Å². The Hall–Kier alpha value is -3.10. The van der Waals surface area contributed by atoms with Crippen molar-refractivity contribution >= 4 is 29.0 Å². The minimum Gasteiger partial charge on any atom is -0.392 e. The smallest absolute Gasteiger partial charge is 0.269 e. The number of carbonyl (C=O) groups excluding carboxylic acids is 2. The number of aliphatic hydroxyl groups is 1. The van der Waals surface area contributed by atoms with Gasteiger partial charge >= 0.3 is 0 Å². The number of carbonyl (C=O) groups is 2. The van der Waals surface area contributed by atoms with Gasteiger partial charge < -0.3 is 10.8 Å². The molecule has 0 saturated heterocycles. The number of aliphatic hydroxyl groups excluding tert-OH is 1. The normalized spacial score (nSPS) is 15.5. The van der Waals surface area contributed by atoms with Gasteiger partial charge in [0.15, 0.2) is 0 Å². The summed E-state index contributed by atoms with van der Waals surface area (Å²) in [6.45, 7) is 0.269. The van der Waals surface area contributed by atoms with Crippen LogP contribution >= 0.6 is 11.3 Å². The Labute approximate surface area is 183 Å². The lowest BCUT2D eigenvalue weighted by Crippen LogP contribution is -2.38. The van der Waals surface area contributed by atoms with Crippen molar-refractivity contribution < 1.29 is 14.7 Å². The zero-order valence-electron chi connectivity index (χ0n) is 16.9. The van der Waals surface area contributed by atoms with E-state index in [1.807, 2.05) is 0 Å². The summed E-state index contributed by atoms with van der Waals surface area (Å²) in [4.78, 5) is 37.2. The molecule has 2 amide bonds. The Morgan fingerprint density at radius 2 is 1.97 bits per heavy atom. The van der Waals surface area contributed by atoms with E-state index in [0.717, 1.165) is 35.3 Å². The third-order valence-electron chi connectivity index (χ3n) is 6.08. The van der Waals surface area contributed by atoms with Crippen molar-refractivity contribution in [2.24, 2.45) is 5.73 Å². The zero-order chi connectivity index (χ0) is 21.5. The first-order valence-corrected chi connectivity index (χ1v) is 11.2. The summed E-state index contributed by atoms with van der Waals surface area (Å²) < 4.78 is 0. The van der Waals surface area contributed by atoms with Crippen LogP contribution in [-0.4, -0.2) is 33.4 Å². The number of nitrogens with two attached hydrogens (primary N) is 1. The molecule has 1 aliphatic carbocycles. The molecular formula is C23H22N4O3S. The molecule has 2 aliphatic rings. The van der Waals surface area contributed by atoms with Gasteiger partial charge in [0.05, 0.1) is 11.5 Å². The van der Waals surface area contributed by atoms with Gasteiger partial charge in [-0.25, -0.2) is 4.98 Å². The van der Waals surface area contributed by atoms with Crippen LogP contribution in [0.2, 0.25) is 0 Å². The van der Waals surface area contributed by atoms with E-state index >= 15 is 0 Å². The second kappa shape index (κ2) is 7.86. The van der Waals surface area contributed by atoms with Crippen LogP contribution in [0.1, 0.15) is 54.6 Å². The number of fused-ring (bicyclic) bond motifs is 3. The van der Waals surface area contributed by atoms with Crippen LogP contribution in [0.25, 0.3) is 11.1 Å². The van der Waals surface area contributed by atoms with Gasteiger partial charge in [-0.3, -0.25) is 19.5 Å². The Balaban J connectivity index is 1.54. The van der Waals surface area contributed by atoms with Crippen LogP contribution in [-0.2, 0) is 25.9 Å². The number of thiophene rings is 1. The fourth-order valence-corrected chi connectivity index (χ4v) is 5.94. The number of hydrogen-bond acceptors (Lipinski definition) is 6. The van der Waals surface area contributed by atoms with Crippen LogP contribution in [0.15, 0.2) is 30.6 Å². The highest BCUT2D eigenvalue weighted by molar-refractivity contribution is 7.14. The molecule has 8 heteroatoms. The number of pyridine rings is 2. The summed E-state index contributed by atoms with van der Waals surface area (Å²) in [6.07, 6.45) is 8.48. The van der Waals surface area contributed by atoms with Crippen LogP contribution in [0.5, 0.6) is 0 Å². The number of aryl methyl sites for hydroxylation is 1. The topological polar surface area (TPSA) is 109 Å². The highest BCUT2D eigenvalue weighted by atomic mass is 32.1. The van der Waals surface area contributed by atoms with E-state index in [1.54, 1.807) is 46.8 Å². The Bertz CT molecular complexity index is 1190. The maximum Gasteiger partial charge on any atom is 0.269 e. The first-order chi connectivity index (χ1) is 15.1. The zero-order valence-corrected chi connectivity index (χ0v) is 17.7. The summed E-state index contributed by atoms with van der Waals surface area (Å²) in [5.41, 5.74) is 10.1. The molecule has 0 spiro atoms. The molecule has 0 saturated carbocycles. The van der Waals surface area contributed by atoms with Crippen LogP contribution < -0.4 is 10.6 Å². The lowest BCUT2D eigenvalue weighted by molar-refractivity contribution is 0.0979. The van der Waals surface area contributed by atoms with Crippen molar-refractivity contribution in [3.8, 4) is 11.1 Å². The molecule has 0 unspecified atom stereocenters. The summed E-state index contributed by atoms with van der Waals surface area (Å²) in [5.74, 6) is -0.166. The Kier molecular flexibility index (Phi) is 5.03. The number of hydrogen-bond donors (Lipinski definition) is 2. The standard InChI is InChI=1S/C23H22N4O3S/c24-21(29)18-6-5-13(11-26-18)14-7-9-25-22(17(14)12-28)27-10-8-16-15-3-1-2-4-19(15)31-20(16)23(27)30/h5-7,9,11,28H,1-4,8,10,12H2,(H2,24,29). The minimum absolute atomic E-state index is 0.0396. The molecule has 3 N–H and O–H groups in total. The highest BCUT2D eigenvalue weighted by Crippen LogP contribution is 2.39. The SMILES string of the molecule is NC(=O)c1ccc(-c2ccnc(N3CCc4c(sc5c4CCCC5)C3=O)c2CO)cn1. The summed E-state index contributed by atoms with van der Waals surface area (Å²) in [5, 5.41) is 10.2. The molecule has 31 heavy (non-hydrogen) atoms. The van der Waals surface area contributed by atoms with Crippen LogP contribution in [0.4, 0.5) is 5.82 Å². The van der Waals surface area contributed by atoms with Crippen molar-refractivity contribution in [2.45, 2.75) is 38.7 Å². The first kappa shape index (κ1) is 19.8. The van der Waals surface area contributed by atoms with Crippen LogP contribution in [0, 0.1) is 0 Å². The van der Waals surface area contributed by atoms with E-state index < -0.39 is 5.91 Å². The summed E-state index contributed by atoms with van der Waals surface area (Å²) in [7, 11) is 0. The average Bonchev–Trinajstić information content (AvgIpc) is 3.18. The van der Waals surface area contributed by atoms with Crippen LogP contribution in [0.3, 0.4) is 0 Å². The predicted octanol–water partition coefficient (Wildman–Crippen LogP) is 2.88. The fraction of sp³-hybridized carbons (Fsp3) is 0.304. The maximum atomic E-state index is 13.4. The third-order valence-corrected chi connectivity index (χ3v) is 7.40. The predicted molar refractivity (Wildman–Crippen MR) is 118 cm³/mol. The van der Waals surface area contributed by atoms with Gasteiger partial charge in [-0.05, 0) is 60.9 Å². The van der Waals surface area contributed by atoms with Gasteiger partial charge in [-0.2, -0.15) is 0 Å². The van der Waals surface area contributed by atoms with Gasteiger partial charge in [0, 0.05) is 34.9 Å². The Morgan fingerprint density at radius 1 is 1.13 bits per heavy atom. The minimum atomic E-state index is -0.599. The number of anilines is 1. The fourth-order valence-electron chi connectivity index (χ4n) is 4.56. The molecule has 3 aromatic rings. The molecule has 0 bridgehead atoms. The summed E-state index contributed by atoms with van der Waals surface area (Å²) >= 11 is 1.63. The molecule has 158 valence electrons. The number of aromatic nitrogens is 2. The van der Waals surface area contributed by atoms with Gasteiger partial charge in [-0.1, -0.05) is 6.07 Å². The second-order valence-electron chi connectivity index (χ2n) is 7.84. The van der Waals surface area contributed by atoms with Gasteiger partial charge in [0.2, 0.25) is 0 Å². The average molecular weight is 435 g/mol. The van der Waals surface area contributed by atoms with Crippen molar-refractivity contribution in [2.75, 3.05) is 11.4 Å². The number of rotatable bonds is 4. The van der Waals surface area contributed by atoms with E-state index in [0.29, 0.717) is 17.9 Å². The maximum absolute atomic E-state index is 13.4. The molecule has 0 radical (unpaired) electrons. The highest BCUT2D eigenvalue weighted by Gasteiger charge is 2.33. The molecule has 0 atom stereocenters. The summed E-state index contributed by atoms with van der Waals surface area (Å²) in [6, 6.07) is 5.06. The number of primary amides is 1. The monoisotopic (exact) mass is 434 g/mol. The van der Waals surface area contributed by atoms with Crippen molar-refractivity contribution in [3.63, 3.8) is 0 Å². The van der Waals surface area contributed by atoms with Gasteiger partial charge in [-0.15, -0.1) is 11.3 Å². The quantitative estimate of drug-likeness (QED) is 0.656. The third kappa shape index (κ3) is 3.32. The van der Waals surface area contributed by atoms with E-state index in [-0.39, 0.29) is 18.2 Å². The van der Waals surface area contributed by atoms with Crippen molar-refractivity contribution in [1.82, 2.24) is 9.97 Å². The Morgan fingerprint density at radius 3 is 2.71 bits per heavy atom. The van der Waals surface area contributed by atoms with Gasteiger partial charge in [0.1, 0.15) is 11.5 Å². The van der Waals surface area contributed by atoms with Crippen molar-refractivity contribution in [3.05, 3.63) is 62.7 Å². The van der Waals surface area contributed by atoms with E-state index in [1.165, 1.54) is 28.8 Å².